The summed E-state index contributed by atoms with van der Waals surface area (Å²) < 4.78 is 5.54. The maximum absolute atomic E-state index is 12.1. The van der Waals surface area contributed by atoms with Crippen molar-refractivity contribution in [2.75, 3.05) is 11.9 Å². The number of carbonyl (C=O) groups is 2. The number of carbonyl (C=O) groups excluding carboxylic acids is 2. The van der Waals surface area contributed by atoms with E-state index in [9.17, 15) is 9.59 Å². The molecular formula is C25H25N3O3. The Morgan fingerprint density at radius 2 is 1.58 bits per heavy atom. The molecule has 0 spiro atoms. The van der Waals surface area contributed by atoms with Crippen LogP contribution in [-0.2, 0) is 4.79 Å². The van der Waals surface area contributed by atoms with Gasteiger partial charge in [0.2, 0.25) is 0 Å². The van der Waals surface area contributed by atoms with Crippen LogP contribution in [0.25, 0.3) is 0 Å². The Hall–Kier alpha value is -3.93. The van der Waals surface area contributed by atoms with E-state index in [4.69, 9.17) is 4.74 Å². The fraction of sp³-hybridized carbons (Fsp3) is 0.160. The van der Waals surface area contributed by atoms with E-state index in [1.807, 2.05) is 51.1 Å². The maximum atomic E-state index is 12.1. The minimum atomic E-state index is -0.272. The number of anilines is 1. The second kappa shape index (κ2) is 10.2. The smallest absolute Gasteiger partial charge is 0.271 e. The van der Waals surface area contributed by atoms with Gasteiger partial charge in [0.15, 0.2) is 6.61 Å². The number of hydrazone groups is 1. The molecular weight excluding hydrogens is 390 g/mol. The lowest BCUT2D eigenvalue weighted by Gasteiger charge is -2.10. The Morgan fingerprint density at radius 3 is 2.26 bits per heavy atom. The number of amides is 2. The van der Waals surface area contributed by atoms with Gasteiger partial charge < -0.3 is 10.1 Å². The first-order chi connectivity index (χ1) is 14.9. The lowest BCUT2D eigenvalue weighted by Crippen LogP contribution is -2.20. The lowest BCUT2D eigenvalue weighted by atomic mass is 10.1. The van der Waals surface area contributed by atoms with E-state index in [0.29, 0.717) is 11.3 Å². The molecule has 0 aliphatic carbocycles. The van der Waals surface area contributed by atoms with Crippen molar-refractivity contribution in [1.29, 1.82) is 0 Å². The molecule has 3 aromatic carbocycles. The van der Waals surface area contributed by atoms with Crippen LogP contribution in [0.4, 0.5) is 5.69 Å². The molecule has 0 saturated heterocycles. The molecule has 31 heavy (non-hydrogen) atoms. The average Bonchev–Trinajstić information content (AvgIpc) is 2.75. The zero-order valence-corrected chi connectivity index (χ0v) is 17.8. The third-order valence-corrected chi connectivity index (χ3v) is 4.60. The highest BCUT2D eigenvalue weighted by molar-refractivity contribution is 5.95. The fourth-order valence-corrected chi connectivity index (χ4v) is 2.87. The van der Waals surface area contributed by atoms with Gasteiger partial charge in [0, 0.05) is 11.3 Å². The van der Waals surface area contributed by atoms with Crippen molar-refractivity contribution in [3.8, 4) is 5.75 Å². The molecule has 0 fully saturated rings. The van der Waals surface area contributed by atoms with Crippen LogP contribution >= 0.6 is 0 Å². The van der Waals surface area contributed by atoms with Gasteiger partial charge in [0.1, 0.15) is 5.75 Å². The van der Waals surface area contributed by atoms with Crippen molar-refractivity contribution in [2.45, 2.75) is 20.8 Å². The number of ether oxygens (including phenoxy) is 1. The summed E-state index contributed by atoms with van der Waals surface area (Å²) in [5, 5.41) is 6.82. The summed E-state index contributed by atoms with van der Waals surface area (Å²) in [5.41, 5.74) is 7.85. The Labute approximate surface area is 182 Å². The Kier molecular flexibility index (Phi) is 7.17. The van der Waals surface area contributed by atoms with Crippen molar-refractivity contribution in [3.63, 3.8) is 0 Å². The standard InChI is InChI=1S/C25H25N3O3/c1-17-4-9-21(10-5-17)25(30)28-26-15-20-7-11-22(12-8-20)31-16-24(29)27-23-13-6-18(2)14-19(23)3/h4-15H,16H2,1-3H3,(H,27,29)(H,28,30)/b26-15+. The van der Waals surface area contributed by atoms with Crippen LogP contribution < -0.4 is 15.5 Å². The number of rotatable bonds is 7. The van der Waals surface area contributed by atoms with Crippen LogP contribution in [0.5, 0.6) is 5.75 Å². The lowest BCUT2D eigenvalue weighted by molar-refractivity contribution is -0.118. The van der Waals surface area contributed by atoms with E-state index >= 15 is 0 Å². The van der Waals surface area contributed by atoms with Gasteiger partial charge in [-0.05, 0) is 74.4 Å². The van der Waals surface area contributed by atoms with Gasteiger partial charge in [-0.25, -0.2) is 5.43 Å². The summed E-state index contributed by atoms with van der Waals surface area (Å²) in [6.45, 7) is 5.83. The van der Waals surface area contributed by atoms with E-state index in [1.54, 1.807) is 42.6 Å². The molecule has 2 N–H and O–H groups in total. The van der Waals surface area contributed by atoms with E-state index < -0.39 is 0 Å². The molecule has 0 bridgehead atoms. The second-order valence-corrected chi connectivity index (χ2v) is 7.29. The van der Waals surface area contributed by atoms with Crippen LogP contribution in [0.2, 0.25) is 0 Å². The van der Waals surface area contributed by atoms with E-state index in [0.717, 1.165) is 27.9 Å². The molecule has 158 valence electrons. The highest BCUT2D eigenvalue weighted by Gasteiger charge is 2.06. The number of hydrogen-bond acceptors (Lipinski definition) is 4. The molecule has 6 heteroatoms. The summed E-state index contributed by atoms with van der Waals surface area (Å²) in [5.74, 6) is 0.0686. The monoisotopic (exact) mass is 415 g/mol. The summed E-state index contributed by atoms with van der Waals surface area (Å²) in [7, 11) is 0. The molecule has 0 unspecified atom stereocenters. The van der Waals surface area contributed by atoms with Crippen LogP contribution in [0, 0.1) is 20.8 Å². The van der Waals surface area contributed by atoms with Crippen LogP contribution in [0.1, 0.15) is 32.6 Å². The van der Waals surface area contributed by atoms with Crippen molar-refractivity contribution < 1.29 is 14.3 Å². The summed E-state index contributed by atoms with van der Waals surface area (Å²) in [6.07, 6.45) is 1.54. The molecule has 2 amide bonds. The van der Waals surface area contributed by atoms with Gasteiger partial charge in [-0.3, -0.25) is 9.59 Å². The minimum absolute atomic E-state index is 0.0899. The second-order valence-electron chi connectivity index (χ2n) is 7.29. The van der Waals surface area contributed by atoms with Crippen LogP contribution in [-0.4, -0.2) is 24.6 Å². The molecule has 0 heterocycles. The van der Waals surface area contributed by atoms with E-state index in [-0.39, 0.29) is 18.4 Å². The SMILES string of the molecule is Cc1ccc(C(=O)N/N=C/c2ccc(OCC(=O)Nc3ccc(C)cc3C)cc2)cc1. The maximum Gasteiger partial charge on any atom is 0.271 e. The number of hydrogen-bond donors (Lipinski definition) is 2. The zero-order chi connectivity index (χ0) is 22.2. The van der Waals surface area contributed by atoms with E-state index in [1.165, 1.54) is 0 Å². The van der Waals surface area contributed by atoms with Crippen molar-refractivity contribution in [2.24, 2.45) is 5.10 Å². The summed E-state index contributed by atoms with van der Waals surface area (Å²) >= 11 is 0. The molecule has 0 atom stereocenters. The molecule has 3 aromatic rings. The predicted molar refractivity (Wildman–Crippen MR) is 123 cm³/mol. The first-order valence-corrected chi connectivity index (χ1v) is 9.91. The highest BCUT2D eigenvalue weighted by Crippen LogP contribution is 2.16. The van der Waals surface area contributed by atoms with Gasteiger partial charge in [0.25, 0.3) is 11.8 Å². The van der Waals surface area contributed by atoms with Crippen LogP contribution in [0.3, 0.4) is 0 Å². The minimum Gasteiger partial charge on any atom is -0.484 e. The largest absolute Gasteiger partial charge is 0.484 e. The molecule has 6 nitrogen and oxygen atoms in total. The molecule has 0 aromatic heterocycles. The Balaban J connectivity index is 1.47. The summed E-state index contributed by atoms with van der Waals surface area (Å²) in [4.78, 5) is 24.2. The van der Waals surface area contributed by atoms with Crippen molar-refractivity contribution in [1.82, 2.24) is 5.43 Å². The van der Waals surface area contributed by atoms with Crippen molar-refractivity contribution >= 4 is 23.7 Å². The predicted octanol–water partition coefficient (Wildman–Crippen LogP) is 4.39. The Bertz CT molecular complexity index is 1090. The first kappa shape index (κ1) is 21.8. The van der Waals surface area contributed by atoms with E-state index in [2.05, 4.69) is 15.8 Å². The molecule has 0 saturated carbocycles. The molecule has 0 aliphatic rings. The van der Waals surface area contributed by atoms with Gasteiger partial charge in [-0.1, -0.05) is 35.4 Å². The zero-order valence-electron chi connectivity index (χ0n) is 17.8. The Morgan fingerprint density at radius 1 is 0.903 bits per heavy atom. The number of benzene rings is 3. The van der Waals surface area contributed by atoms with Gasteiger partial charge >= 0.3 is 0 Å². The number of nitrogens with one attached hydrogen (secondary N) is 2. The molecule has 0 aliphatic heterocycles. The normalized spacial score (nSPS) is 10.7. The average molecular weight is 415 g/mol. The van der Waals surface area contributed by atoms with Gasteiger partial charge in [-0.15, -0.1) is 0 Å². The molecule has 3 rings (SSSR count). The van der Waals surface area contributed by atoms with Gasteiger partial charge in [0.05, 0.1) is 6.21 Å². The topological polar surface area (TPSA) is 79.8 Å². The summed E-state index contributed by atoms with van der Waals surface area (Å²) in [6, 6.07) is 20.2. The first-order valence-electron chi connectivity index (χ1n) is 9.91. The molecule has 0 radical (unpaired) electrons. The highest BCUT2D eigenvalue weighted by atomic mass is 16.5. The number of nitrogens with zero attached hydrogens (tertiary/aromatic N) is 1. The number of aryl methyl sites for hydroxylation is 3. The third kappa shape index (κ3) is 6.54. The third-order valence-electron chi connectivity index (χ3n) is 4.60. The van der Waals surface area contributed by atoms with Crippen molar-refractivity contribution in [3.05, 3.63) is 94.5 Å². The quantitative estimate of drug-likeness (QED) is 0.444. The van der Waals surface area contributed by atoms with Gasteiger partial charge in [-0.2, -0.15) is 5.10 Å². The fourth-order valence-electron chi connectivity index (χ4n) is 2.87. The van der Waals surface area contributed by atoms with Crippen LogP contribution in [0.15, 0.2) is 71.8 Å².